The molecule has 6 heteroatoms. The monoisotopic (exact) mass is 202 g/mol. The summed E-state index contributed by atoms with van der Waals surface area (Å²) in [4.78, 5) is 14.1. The Morgan fingerprint density at radius 2 is 2.50 bits per heavy atom. The van der Waals surface area contributed by atoms with E-state index < -0.39 is 5.97 Å². The Labute approximate surface area is 77.5 Å². The number of nitrogens with zero attached hydrogens (tertiary/aromatic N) is 2. The largest absolute Gasteiger partial charge is 0.478 e. The van der Waals surface area contributed by atoms with Crippen LogP contribution in [0, 0.1) is 6.92 Å². The quantitative estimate of drug-likeness (QED) is 0.595. The number of aromatic nitrogens is 2. The summed E-state index contributed by atoms with van der Waals surface area (Å²) >= 11 is 2.51. The summed E-state index contributed by atoms with van der Waals surface area (Å²) in [7, 11) is 0. The van der Waals surface area contributed by atoms with E-state index in [1.165, 1.54) is 28.7 Å². The van der Waals surface area contributed by atoms with E-state index in [0.29, 0.717) is 5.82 Å². The second kappa shape index (κ2) is 4.22. The molecule has 1 rings (SSSR count). The van der Waals surface area contributed by atoms with E-state index in [0.717, 1.165) is 10.4 Å². The first-order valence-corrected chi connectivity index (χ1v) is 4.70. The van der Waals surface area contributed by atoms with Crippen molar-refractivity contribution in [2.45, 2.75) is 11.3 Å². The fourth-order valence-corrected chi connectivity index (χ4v) is 1.84. The zero-order chi connectivity index (χ0) is 8.97. The first kappa shape index (κ1) is 9.21. The van der Waals surface area contributed by atoms with Crippen molar-refractivity contribution in [2.24, 2.45) is 0 Å². The molecule has 0 saturated carbocycles. The van der Waals surface area contributed by atoms with Gasteiger partial charge < -0.3 is 5.11 Å². The summed E-state index contributed by atoms with van der Waals surface area (Å²) in [6.45, 7) is 1.79. The molecule has 12 heavy (non-hydrogen) atoms. The van der Waals surface area contributed by atoms with Crippen LogP contribution in [0.2, 0.25) is 0 Å². The third-order valence-electron chi connectivity index (χ3n) is 0.888. The molecule has 0 radical (unpaired) electrons. The summed E-state index contributed by atoms with van der Waals surface area (Å²) in [5.74, 6) is -0.241. The minimum absolute atomic E-state index is 0.714. The van der Waals surface area contributed by atoms with Gasteiger partial charge in [-0.2, -0.15) is 4.37 Å². The fourth-order valence-electron chi connectivity index (χ4n) is 0.476. The number of rotatable bonds is 3. The van der Waals surface area contributed by atoms with E-state index in [-0.39, 0.29) is 0 Å². The molecule has 64 valence electrons. The van der Waals surface area contributed by atoms with Gasteiger partial charge in [-0.3, -0.25) is 0 Å². The third kappa shape index (κ3) is 3.02. The van der Waals surface area contributed by atoms with Crippen molar-refractivity contribution >= 4 is 29.3 Å². The highest BCUT2D eigenvalue weighted by molar-refractivity contribution is 8.03. The smallest absolute Gasteiger partial charge is 0.328 e. The molecule has 0 aliphatic heterocycles. The van der Waals surface area contributed by atoms with Gasteiger partial charge in [-0.15, -0.1) is 0 Å². The summed E-state index contributed by atoms with van der Waals surface area (Å²) in [6, 6.07) is 0. The van der Waals surface area contributed by atoms with Crippen LogP contribution in [-0.4, -0.2) is 20.4 Å². The Kier molecular flexibility index (Phi) is 3.24. The van der Waals surface area contributed by atoms with E-state index in [4.69, 9.17) is 5.11 Å². The highest BCUT2D eigenvalue weighted by atomic mass is 32.2. The minimum Gasteiger partial charge on any atom is -0.478 e. The molecule has 0 aromatic carbocycles. The number of hydrogen-bond donors (Lipinski definition) is 1. The second-order valence-corrected chi connectivity index (χ2v) is 3.77. The predicted molar refractivity (Wildman–Crippen MR) is 47.3 cm³/mol. The van der Waals surface area contributed by atoms with Gasteiger partial charge in [-0.25, -0.2) is 9.78 Å². The molecule has 0 unspecified atom stereocenters. The molecule has 0 spiro atoms. The van der Waals surface area contributed by atoms with Gasteiger partial charge in [0.05, 0.1) is 0 Å². The van der Waals surface area contributed by atoms with Crippen LogP contribution in [0.5, 0.6) is 0 Å². The molecule has 0 atom stereocenters. The summed E-state index contributed by atoms with van der Waals surface area (Å²) in [5, 5.41) is 9.74. The van der Waals surface area contributed by atoms with Crippen molar-refractivity contribution in [3.05, 3.63) is 17.3 Å². The second-order valence-electron chi connectivity index (χ2n) is 1.87. The van der Waals surface area contributed by atoms with E-state index >= 15 is 0 Å². The Bertz CT molecular complexity index is 308. The summed E-state index contributed by atoms with van der Waals surface area (Å²) in [5.41, 5.74) is 0. The van der Waals surface area contributed by atoms with Gasteiger partial charge >= 0.3 is 5.97 Å². The van der Waals surface area contributed by atoms with Gasteiger partial charge in [-0.1, -0.05) is 11.8 Å². The van der Waals surface area contributed by atoms with Gasteiger partial charge in [0.25, 0.3) is 0 Å². The molecular formula is C6H6N2O2S2. The fraction of sp³-hybridized carbons (Fsp3) is 0.167. The average Bonchev–Trinajstić information content (AvgIpc) is 2.35. The van der Waals surface area contributed by atoms with Crippen molar-refractivity contribution in [2.75, 3.05) is 0 Å². The molecule has 0 fully saturated rings. The van der Waals surface area contributed by atoms with Crippen LogP contribution in [-0.2, 0) is 4.79 Å². The lowest BCUT2D eigenvalue weighted by atomic mass is 10.7. The normalized spacial score (nSPS) is 10.8. The number of carbonyl (C=O) groups is 1. The first-order chi connectivity index (χ1) is 5.68. The van der Waals surface area contributed by atoms with E-state index in [1.54, 1.807) is 6.92 Å². The maximum Gasteiger partial charge on any atom is 0.328 e. The SMILES string of the molecule is Cc1nsc(SC=CC(=O)O)n1. The number of hydrogen-bond acceptors (Lipinski definition) is 5. The van der Waals surface area contributed by atoms with Crippen molar-refractivity contribution in [1.82, 2.24) is 9.36 Å². The highest BCUT2D eigenvalue weighted by Gasteiger charge is 1.97. The Morgan fingerprint density at radius 1 is 1.75 bits per heavy atom. The van der Waals surface area contributed by atoms with Crippen LogP contribution in [0.1, 0.15) is 5.82 Å². The van der Waals surface area contributed by atoms with Gasteiger partial charge in [-0.05, 0) is 23.9 Å². The Morgan fingerprint density at radius 3 is 3.00 bits per heavy atom. The van der Waals surface area contributed by atoms with E-state index in [2.05, 4.69) is 9.36 Å². The molecule has 0 bridgehead atoms. The summed E-state index contributed by atoms with van der Waals surface area (Å²) < 4.78 is 4.70. The van der Waals surface area contributed by atoms with Crippen molar-refractivity contribution in [1.29, 1.82) is 0 Å². The van der Waals surface area contributed by atoms with Gasteiger partial charge in [0.1, 0.15) is 5.82 Å². The van der Waals surface area contributed by atoms with Crippen molar-refractivity contribution < 1.29 is 9.90 Å². The first-order valence-electron chi connectivity index (χ1n) is 3.05. The van der Waals surface area contributed by atoms with E-state index in [9.17, 15) is 4.79 Å². The molecule has 0 saturated heterocycles. The lowest BCUT2D eigenvalue weighted by Crippen LogP contribution is -1.84. The van der Waals surface area contributed by atoms with E-state index in [1.807, 2.05) is 0 Å². The molecule has 0 aliphatic carbocycles. The summed E-state index contributed by atoms with van der Waals surface area (Å²) in [6.07, 6.45) is 1.07. The number of aliphatic carboxylic acids is 1. The van der Waals surface area contributed by atoms with Gasteiger partial charge in [0, 0.05) is 6.08 Å². The van der Waals surface area contributed by atoms with Gasteiger partial charge in [0.2, 0.25) is 0 Å². The molecule has 1 aromatic heterocycles. The molecule has 4 nitrogen and oxygen atoms in total. The molecule has 1 aromatic rings. The van der Waals surface area contributed by atoms with Crippen LogP contribution in [0.3, 0.4) is 0 Å². The van der Waals surface area contributed by atoms with Crippen LogP contribution < -0.4 is 0 Å². The topological polar surface area (TPSA) is 63.1 Å². The van der Waals surface area contributed by atoms with Crippen LogP contribution >= 0.6 is 23.3 Å². The maximum atomic E-state index is 10.1. The molecule has 0 aliphatic rings. The maximum absolute atomic E-state index is 10.1. The number of thioether (sulfide) groups is 1. The van der Waals surface area contributed by atoms with Crippen LogP contribution in [0.4, 0.5) is 0 Å². The predicted octanol–water partition coefficient (Wildman–Crippen LogP) is 1.54. The third-order valence-corrected chi connectivity index (χ3v) is 2.57. The minimum atomic E-state index is -0.955. The van der Waals surface area contributed by atoms with Crippen LogP contribution in [0.15, 0.2) is 15.8 Å². The number of carboxylic acids is 1. The van der Waals surface area contributed by atoms with Crippen LogP contribution in [0.25, 0.3) is 0 Å². The average molecular weight is 202 g/mol. The molecule has 0 amide bonds. The molecular weight excluding hydrogens is 196 g/mol. The van der Waals surface area contributed by atoms with Crippen molar-refractivity contribution in [3.8, 4) is 0 Å². The molecule has 1 heterocycles. The van der Waals surface area contributed by atoms with Gasteiger partial charge in [0.15, 0.2) is 4.34 Å². The zero-order valence-electron chi connectivity index (χ0n) is 6.22. The lowest BCUT2D eigenvalue weighted by Gasteiger charge is -1.82. The zero-order valence-corrected chi connectivity index (χ0v) is 7.85. The standard InChI is InChI=1S/C6H6N2O2S2/c1-4-7-6(12-8-4)11-3-2-5(9)10/h2-3H,1H3,(H,9,10). The number of carboxylic acid groups (broad SMARTS) is 1. The Balaban J connectivity index is 2.48. The lowest BCUT2D eigenvalue weighted by molar-refractivity contribution is -0.131. The molecule has 1 N–H and O–H groups in total. The highest BCUT2D eigenvalue weighted by Crippen LogP contribution is 2.20. The van der Waals surface area contributed by atoms with Crippen molar-refractivity contribution in [3.63, 3.8) is 0 Å². The number of aryl methyl sites for hydroxylation is 1. The Hall–Kier alpha value is -0.880.